The topological polar surface area (TPSA) is 54.0 Å². The Hall–Kier alpha value is -2.66. The third kappa shape index (κ3) is 4.20. The highest BCUT2D eigenvalue weighted by atomic mass is 35.5. The zero-order valence-electron chi connectivity index (χ0n) is 12.7. The van der Waals surface area contributed by atoms with Gasteiger partial charge in [0.1, 0.15) is 19.0 Å². The van der Waals surface area contributed by atoms with E-state index in [0.29, 0.717) is 22.3 Å². The molecule has 0 bridgehead atoms. The number of esters is 1. The number of benzene rings is 2. The molecule has 0 saturated heterocycles. The first-order valence-corrected chi connectivity index (χ1v) is 7.72. The SMILES string of the molecule is O=C(/C=C/c1ccc2c(c1)OCO2)OCCOc1ccccc1Cl. The van der Waals surface area contributed by atoms with Gasteiger partial charge in [0.2, 0.25) is 6.79 Å². The van der Waals surface area contributed by atoms with Crippen LogP contribution in [0.2, 0.25) is 5.02 Å². The van der Waals surface area contributed by atoms with Crippen LogP contribution >= 0.6 is 11.6 Å². The van der Waals surface area contributed by atoms with Crippen molar-refractivity contribution in [3.05, 3.63) is 59.1 Å². The van der Waals surface area contributed by atoms with E-state index in [1.54, 1.807) is 30.3 Å². The quantitative estimate of drug-likeness (QED) is 0.453. The van der Waals surface area contributed by atoms with E-state index in [9.17, 15) is 4.79 Å². The Bertz CT molecular complexity index is 757. The number of rotatable bonds is 6. The Morgan fingerprint density at radius 1 is 1.12 bits per heavy atom. The van der Waals surface area contributed by atoms with E-state index in [1.807, 2.05) is 18.2 Å². The van der Waals surface area contributed by atoms with Crippen LogP contribution in [0.15, 0.2) is 48.5 Å². The highest BCUT2D eigenvalue weighted by molar-refractivity contribution is 6.32. The molecule has 1 aliphatic rings. The molecule has 0 spiro atoms. The Kier molecular flexibility index (Phi) is 5.23. The largest absolute Gasteiger partial charge is 0.488 e. The van der Waals surface area contributed by atoms with Crippen molar-refractivity contribution < 1.29 is 23.7 Å². The van der Waals surface area contributed by atoms with Crippen LogP contribution in [0.5, 0.6) is 17.2 Å². The summed E-state index contributed by atoms with van der Waals surface area (Å²) in [7, 11) is 0. The van der Waals surface area contributed by atoms with Crippen molar-refractivity contribution >= 4 is 23.6 Å². The van der Waals surface area contributed by atoms with Crippen LogP contribution in [-0.4, -0.2) is 26.0 Å². The second kappa shape index (κ2) is 7.75. The maximum absolute atomic E-state index is 11.7. The van der Waals surface area contributed by atoms with Gasteiger partial charge in [-0.25, -0.2) is 4.79 Å². The fourth-order valence-corrected chi connectivity index (χ4v) is 2.28. The molecule has 0 fully saturated rings. The zero-order valence-corrected chi connectivity index (χ0v) is 13.5. The Morgan fingerprint density at radius 2 is 1.96 bits per heavy atom. The summed E-state index contributed by atoms with van der Waals surface area (Å²) >= 11 is 5.96. The van der Waals surface area contributed by atoms with Crippen molar-refractivity contribution in [3.8, 4) is 17.2 Å². The highest BCUT2D eigenvalue weighted by Crippen LogP contribution is 2.32. The Morgan fingerprint density at radius 3 is 2.83 bits per heavy atom. The van der Waals surface area contributed by atoms with Crippen LogP contribution < -0.4 is 14.2 Å². The van der Waals surface area contributed by atoms with Crippen molar-refractivity contribution in [2.75, 3.05) is 20.0 Å². The molecule has 0 aliphatic carbocycles. The predicted molar refractivity (Wildman–Crippen MR) is 89.5 cm³/mol. The van der Waals surface area contributed by atoms with Crippen LogP contribution in [0, 0.1) is 0 Å². The van der Waals surface area contributed by atoms with Crippen LogP contribution in [0.4, 0.5) is 0 Å². The van der Waals surface area contributed by atoms with Crippen molar-refractivity contribution in [2.24, 2.45) is 0 Å². The molecule has 0 aromatic heterocycles. The number of fused-ring (bicyclic) bond motifs is 1. The van der Waals surface area contributed by atoms with Gasteiger partial charge in [-0.3, -0.25) is 0 Å². The van der Waals surface area contributed by atoms with Gasteiger partial charge in [0, 0.05) is 6.08 Å². The van der Waals surface area contributed by atoms with Gasteiger partial charge >= 0.3 is 5.97 Å². The summed E-state index contributed by atoms with van der Waals surface area (Å²) in [6.07, 6.45) is 3.01. The number of para-hydroxylation sites is 1. The standard InChI is InChI=1S/C18H15ClO5/c19-14-3-1-2-4-15(14)21-9-10-22-18(20)8-6-13-5-7-16-17(11-13)24-12-23-16/h1-8,11H,9-10,12H2/b8-6+. The molecular formula is C18H15ClO5. The number of hydrogen-bond acceptors (Lipinski definition) is 5. The molecule has 0 unspecified atom stereocenters. The zero-order chi connectivity index (χ0) is 16.8. The summed E-state index contributed by atoms with van der Waals surface area (Å²) in [6, 6.07) is 12.5. The Balaban J connectivity index is 1.43. The van der Waals surface area contributed by atoms with Gasteiger partial charge in [0.25, 0.3) is 0 Å². The van der Waals surface area contributed by atoms with Gasteiger partial charge in [-0.05, 0) is 35.9 Å². The first-order chi connectivity index (χ1) is 11.7. The van der Waals surface area contributed by atoms with E-state index >= 15 is 0 Å². The summed E-state index contributed by atoms with van der Waals surface area (Å²) in [5.41, 5.74) is 0.823. The molecule has 124 valence electrons. The van der Waals surface area contributed by atoms with Crippen molar-refractivity contribution in [2.45, 2.75) is 0 Å². The lowest BCUT2D eigenvalue weighted by Crippen LogP contribution is -2.10. The third-order valence-electron chi connectivity index (χ3n) is 3.23. The lowest BCUT2D eigenvalue weighted by atomic mass is 10.2. The molecular weight excluding hydrogens is 332 g/mol. The number of ether oxygens (including phenoxy) is 4. The second-order valence-electron chi connectivity index (χ2n) is 4.89. The van der Waals surface area contributed by atoms with Gasteiger partial charge in [-0.1, -0.05) is 29.8 Å². The van der Waals surface area contributed by atoms with Crippen molar-refractivity contribution in [1.29, 1.82) is 0 Å². The minimum atomic E-state index is -0.449. The molecule has 1 heterocycles. The number of carbonyl (C=O) groups is 1. The van der Waals surface area contributed by atoms with Crippen LogP contribution in [0.3, 0.4) is 0 Å². The van der Waals surface area contributed by atoms with Crippen molar-refractivity contribution in [1.82, 2.24) is 0 Å². The number of halogens is 1. The molecule has 6 heteroatoms. The van der Waals surface area contributed by atoms with E-state index in [-0.39, 0.29) is 20.0 Å². The maximum atomic E-state index is 11.7. The van der Waals surface area contributed by atoms with Crippen LogP contribution in [0.1, 0.15) is 5.56 Å². The molecule has 1 aliphatic heterocycles. The summed E-state index contributed by atoms with van der Waals surface area (Å²) < 4.78 is 21.0. The lowest BCUT2D eigenvalue weighted by Gasteiger charge is -2.07. The third-order valence-corrected chi connectivity index (χ3v) is 3.54. The van der Waals surface area contributed by atoms with Crippen molar-refractivity contribution in [3.63, 3.8) is 0 Å². The smallest absolute Gasteiger partial charge is 0.330 e. The average Bonchev–Trinajstić information content (AvgIpc) is 3.06. The van der Waals surface area contributed by atoms with E-state index in [1.165, 1.54) is 6.08 Å². The van der Waals surface area contributed by atoms with E-state index < -0.39 is 5.97 Å². The Labute approximate surface area is 144 Å². The van der Waals surface area contributed by atoms with E-state index in [0.717, 1.165) is 5.56 Å². The van der Waals surface area contributed by atoms with Gasteiger partial charge in [-0.15, -0.1) is 0 Å². The lowest BCUT2D eigenvalue weighted by molar-refractivity contribution is -0.138. The van der Waals surface area contributed by atoms with Gasteiger partial charge in [-0.2, -0.15) is 0 Å². The molecule has 2 aromatic rings. The minimum Gasteiger partial charge on any atom is -0.488 e. The summed E-state index contributed by atoms with van der Waals surface area (Å²) in [5, 5.41) is 0.520. The second-order valence-corrected chi connectivity index (χ2v) is 5.30. The van der Waals surface area contributed by atoms with Gasteiger partial charge in [0.15, 0.2) is 11.5 Å². The highest BCUT2D eigenvalue weighted by Gasteiger charge is 2.12. The van der Waals surface area contributed by atoms with Gasteiger partial charge in [0.05, 0.1) is 5.02 Å². The number of hydrogen-bond donors (Lipinski definition) is 0. The molecule has 0 amide bonds. The summed E-state index contributed by atoms with van der Waals surface area (Å²) in [4.78, 5) is 11.7. The molecule has 3 rings (SSSR count). The minimum absolute atomic E-state index is 0.134. The first-order valence-electron chi connectivity index (χ1n) is 7.34. The van der Waals surface area contributed by atoms with E-state index in [4.69, 9.17) is 30.5 Å². The molecule has 0 atom stereocenters. The fraction of sp³-hybridized carbons (Fsp3) is 0.167. The molecule has 5 nitrogen and oxygen atoms in total. The molecule has 24 heavy (non-hydrogen) atoms. The summed E-state index contributed by atoms with van der Waals surface area (Å²) in [6.45, 7) is 0.582. The molecule has 0 radical (unpaired) electrons. The maximum Gasteiger partial charge on any atom is 0.330 e. The fourth-order valence-electron chi connectivity index (χ4n) is 2.08. The van der Waals surface area contributed by atoms with Gasteiger partial charge < -0.3 is 18.9 Å². The predicted octanol–water partition coefficient (Wildman–Crippen LogP) is 3.70. The molecule has 2 aromatic carbocycles. The van der Waals surface area contributed by atoms with Crippen LogP contribution in [0.25, 0.3) is 6.08 Å². The molecule has 0 saturated carbocycles. The normalized spacial score (nSPS) is 12.4. The first kappa shape index (κ1) is 16.2. The summed E-state index contributed by atoms with van der Waals surface area (Å²) in [5.74, 6) is 1.48. The van der Waals surface area contributed by atoms with Crippen LogP contribution in [-0.2, 0) is 9.53 Å². The average molecular weight is 347 g/mol. The van der Waals surface area contributed by atoms with E-state index in [2.05, 4.69) is 0 Å². The molecule has 0 N–H and O–H groups in total. The monoisotopic (exact) mass is 346 g/mol. The number of carbonyl (C=O) groups excluding carboxylic acids is 1.